The number of aromatic nitrogens is 4. The molecule has 8 heteroatoms. The van der Waals surface area contributed by atoms with E-state index in [-0.39, 0.29) is 11.2 Å². The molecule has 1 amide bonds. The van der Waals surface area contributed by atoms with Gasteiger partial charge < -0.3 is 5.32 Å². The number of hydrogen-bond acceptors (Lipinski definition) is 5. The van der Waals surface area contributed by atoms with Gasteiger partial charge in [-0.3, -0.25) is 4.79 Å². The molecule has 0 bridgehead atoms. The summed E-state index contributed by atoms with van der Waals surface area (Å²) < 4.78 is 1.55. The van der Waals surface area contributed by atoms with Crippen molar-refractivity contribution in [2.24, 2.45) is 0 Å². The molecule has 1 atom stereocenters. The second kappa shape index (κ2) is 7.24. The van der Waals surface area contributed by atoms with Crippen molar-refractivity contribution in [2.75, 3.05) is 6.54 Å². The van der Waals surface area contributed by atoms with Gasteiger partial charge in [0, 0.05) is 11.6 Å². The van der Waals surface area contributed by atoms with Crippen LogP contribution in [0.25, 0.3) is 5.69 Å². The van der Waals surface area contributed by atoms with E-state index >= 15 is 0 Å². The van der Waals surface area contributed by atoms with Crippen LogP contribution < -0.4 is 5.32 Å². The number of halogens is 1. The van der Waals surface area contributed by atoms with Crippen LogP contribution in [0.4, 0.5) is 0 Å². The Hall–Kier alpha value is -1.86. The SMILES string of the molecule is C=CCNC(=O)[C@@H](C)Sc1nnnn1-c1cccc(Cl)c1. The molecule has 0 radical (unpaired) electrons. The van der Waals surface area contributed by atoms with Gasteiger partial charge in [0.05, 0.1) is 10.9 Å². The molecule has 0 saturated carbocycles. The van der Waals surface area contributed by atoms with Crippen LogP contribution in [0.1, 0.15) is 6.92 Å². The minimum atomic E-state index is -0.325. The summed E-state index contributed by atoms with van der Waals surface area (Å²) in [6.07, 6.45) is 1.63. The second-order valence-corrected chi connectivity index (χ2v) is 5.89. The molecule has 0 fully saturated rings. The van der Waals surface area contributed by atoms with Crippen LogP contribution >= 0.6 is 23.4 Å². The molecule has 6 nitrogen and oxygen atoms in total. The summed E-state index contributed by atoms with van der Waals surface area (Å²) >= 11 is 7.24. The van der Waals surface area contributed by atoms with Gasteiger partial charge in [-0.2, -0.15) is 4.68 Å². The Morgan fingerprint density at radius 1 is 1.62 bits per heavy atom. The average molecular weight is 324 g/mol. The quantitative estimate of drug-likeness (QED) is 0.651. The Bertz CT molecular complexity index is 645. The van der Waals surface area contributed by atoms with Gasteiger partial charge >= 0.3 is 0 Å². The van der Waals surface area contributed by atoms with Gasteiger partial charge in [0.25, 0.3) is 0 Å². The monoisotopic (exact) mass is 323 g/mol. The molecule has 1 aromatic heterocycles. The van der Waals surface area contributed by atoms with E-state index in [0.717, 1.165) is 5.69 Å². The summed E-state index contributed by atoms with van der Waals surface area (Å²) in [5.74, 6) is -0.0967. The van der Waals surface area contributed by atoms with E-state index in [1.807, 2.05) is 12.1 Å². The zero-order valence-electron chi connectivity index (χ0n) is 11.4. The molecule has 110 valence electrons. The third-order valence-corrected chi connectivity index (χ3v) is 3.83. The maximum absolute atomic E-state index is 11.9. The van der Waals surface area contributed by atoms with E-state index < -0.39 is 0 Å². The Labute approximate surface area is 131 Å². The van der Waals surface area contributed by atoms with Gasteiger partial charge in [0.15, 0.2) is 0 Å². The molecule has 21 heavy (non-hydrogen) atoms. The highest BCUT2D eigenvalue weighted by molar-refractivity contribution is 8.00. The Kier molecular flexibility index (Phi) is 5.35. The predicted octanol–water partition coefficient (Wildman–Crippen LogP) is 2.10. The highest BCUT2D eigenvalue weighted by Crippen LogP contribution is 2.23. The van der Waals surface area contributed by atoms with E-state index in [1.165, 1.54) is 11.8 Å². The van der Waals surface area contributed by atoms with E-state index in [1.54, 1.807) is 29.8 Å². The summed E-state index contributed by atoms with van der Waals surface area (Å²) in [5, 5.41) is 15.1. The number of carbonyl (C=O) groups is 1. The minimum absolute atomic E-state index is 0.0967. The number of nitrogens with one attached hydrogen (secondary N) is 1. The second-order valence-electron chi connectivity index (χ2n) is 4.15. The molecule has 2 rings (SSSR count). The number of benzene rings is 1. The van der Waals surface area contributed by atoms with Crippen LogP contribution in [0.15, 0.2) is 42.1 Å². The van der Waals surface area contributed by atoms with Crippen molar-refractivity contribution in [2.45, 2.75) is 17.3 Å². The summed E-state index contributed by atoms with van der Waals surface area (Å²) in [7, 11) is 0. The van der Waals surface area contributed by atoms with Crippen LogP contribution in [0.5, 0.6) is 0 Å². The molecule has 0 aliphatic carbocycles. The molecule has 1 N–H and O–H groups in total. The molecular formula is C13H14ClN5OS. The first-order chi connectivity index (χ1) is 10.1. The maximum Gasteiger partial charge on any atom is 0.233 e. The number of hydrogen-bond donors (Lipinski definition) is 1. The zero-order valence-corrected chi connectivity index (χ0v) is 12.9. The third kappa shape index (κ3) is 4.05. The Balaban J connectivity index is 2.14. The van der Waals surface area contributed by atoms with Gasteiger partial charge in [-0.25, -0.2) is 0 Å². The van der Waals surface area contributed by atoms with Crippen LogP contribution in [0.2, 0.25) is 5.02 Å². The molecule has 0 unspecified atom stereocenters. The lowest BCUT2D eigenvalue weighted by Gasteiger charge is -2.10. The van der Waals surface area contributed by atoms with E-state index in [2.05, 4.69) is 27.4 Å². The lowest BCUT2D eigenvalue weighted by atomic mass is 10.3. The first kappa shape index (κ1) is 15.5. The number of tetrazole rings is 1. The van der Waals surface area contributed by atoms with Gasteiger partial charge in [-0.05, 0) is 35.5 Å². The van der Waals surface area contributed by atoms with Gasteiger partial charge in [0.2, 0.25) is 11.1 Å². The molecule has 1 heterocycles. The Morgan fingerprint density at radius 3 is 3.14 bits per heavy atom. The van der Waals surface area contributed by atoms with E-state index in [4.69, 9.17) is 11.6 Å². The average Bonchev–Trinajstić information content (AvgIpc) is 2.92. The van der Waals surface area contributed by atoms with Crippen molar-refractivity contribution in [1.82, 2.24) is 25.5 Å². The fourth-order valence-electron chi connectivity index (χ4n) is 1.55. The summed E-state index contributed by atoms with van der Waals surface area (Å²) in [6, 6.07) is 7.18. The van der Waals surface area contributed by atoms with E-state index in [0.29, 0.717) is 16.7 Å². The largest absolute Gasteiger partial charge is 0.352 e. The smallest absolute Gasteiger partial charge is 0.233 e. The molecule has 2 aromatic rings. The Morgan fingerprint density at radius 2 is 2.43 bits per heavy atom. The van der Waals surface area contributed by atoms with Gasteiger partial charge in [0.1, 0.15) is 0 Å². The maximum atomic E-state index is 11.9. The van der Waals surface area contributed by atoms with Crippen LogP contribution in [0, 0.1) is 0 Å². The first-order valence-electron chi connectivity index (χ1n) is 6.21. The standard InChI is InChI=1S/C13H14ClN5OS/c1-3-7-15-12(20)9(2)21-13-16-17-18-19(13)11-6-4-5-10(14)8-11/h3-6,8-9H,1,7H2,2H3,(H,15,20)/t9-/m1/s1. The number of thioether (sulfide) groups is 1. The van der Waals surface area contributed by atoms with Crippen molar-refractivity contribution in [3.8, 4) is 5.69 Å². The van der Waals surface area contributed by atoms with E-state index in [9.17, 15) is 4.79 Å². The molecule has 1 aromatic carbocycles. The van der Waals surface area contributed by atoms with Gasteiger partial charge in [-0.15, -0.1) is 11.7 Å². The number of nitrogens with zero attached hydrogens (tertiary/aromatic N) is 4. The molecule has 0 aliphatic heterocycles. The van der Waals surface area contributed by atoms with Crippen molar-refractivity contribution < 1.29 is 4.79 Å². The predicted molar refractivity (Wildman–Crippen MR) is 82.7 cm³/mol. The van der Waals surface area contributed by atoms with Crippen molar-refractivity contribution in [1.29, 1.82) is 0 Å². The van der Waals surface area contributed by atoms with Crippen molar-refractivity contribution >= 4 is 29.3 Å². The molecule has 0 aliphatic rings. The zero-order chi connectivity index (χ0) is 15.2. The van der Waals surface area contributed by atoms with Gasteiger partial charge in [-0.1, -0.05) is 35.5 Å². The molecule has 0 saturated heterocycles. The lowest BCUT2D eigenvalue weighted by Crippen LogP contribution is -2.31. The van der Waals surface area contributed by atoms with Crippen molar-refractivity contribution in [3.05, 3.63) is 41.9 Å². The first-order valence-corrected chi connectivity index (χ1v) is 7.47. The summed E-state index contributed by atoms with van der Waals surface area (Å²) in [4.78, 5) is 11.9. The van der Waals surface area contributed by atoms with Crippen LogP contribution in [-0.4, -0.2) is 37.9 Å². The number of rotatable bonds is 6. The highest BCUT2D eigenvalue weighted by Gasteiger charge is 2.18. The number of carbonyl (C=O) groups excluding carboxylic acids is 1. The lowest BCUT2D eigenvalue weighted by molar-refractivity contribution is -0.120. The van der Waals surface area contributed by atoms with Crippen LogP contribution in [-0.2, 0) is 4.79 Å². The topological polar surface area (TPSA) is 72.7 Å². The highest BCUT2D eigenvalue weighted by atomic mass is 35.5. The number of amides is 1. The van der Waals surface area contributed by atoms with Crippen LogP contribution in [0.3, 0.4) is 0 Å². The summed E-state index contributed by atoms with van der Waals surface area (Å²) in [5.41, 5.74) is 0.744. The van der Waals surface area contributed by atoms with Crippen molar-refractivity contribution in [3.63, 3.8) is 0 Å². The molecule has 0 spiro atoms. The minimum Gasteiger partial charge on any atom is -0.352 e. The fourth-order valence-corrected chi connectivity index (χ4v) is 2.57. The third-order valence-electron chi connectivity index (χ3n) is 2.57. The normalized spacial score (nSPS) is 11.9. The summed E-state index contributed by atoms with van der Waals surface area (Å²) in [6.45, 7) is 5.78. The fraction of sp³-hybridized carbons (Fsp3) is 0.231. The molecular weight excluding hydrogens is 310 g/mol.